The molecule has 0 saturated heterocycles. The molecule has 0 spiro atoms. The summed E-state index contributed by atoms with van der Waals surface area (Å²) in [5.41, 5.74) is 3.48. The zero-order valence-electron chi connectivity index (χ0n) is 18.2. The Hall–Kier alpha value is -2.62. The highest BCUT2D eigenvalue weighted by molar-refractivity contribution is 5.87. The van der Waals surface area contributed by atoms with Crippen molar-refractivity contribution in [3.63, 3.8) is 0 Å². The molecule has 0 fully saturated rings. The number of hydrogen-bond acceptors (Lipinski definition) is 2. The Balaban J connectivity index is 2.13. The van der Waals surface area contributed by atoms with Crippen molar-refractivity contribution in [1.82, 2.24) is 10.2 Å². The first-order valence-electron chi connectivity index (χ1n) is 10.7. The van der Waals surface area contributed by atoms with Crippen LogP contribution in [0.25, 0.3) is 0 Å². The quantitative estimate of drug-likeness (QED) is 0.636. The molecule has 4 heteroatoms. The molecule has 4 nitrogen and oxygen atoms in total. The highest BCUT2D eigenvalue weighted by Gasteiger charge is 2.27. The van der Waals surface area contributed by atoms with E-state index >= 15 is 0 Å². The third-order valence-corrected chi connectivity index (χ3v) is 5.21. The fraction of sp³-hybridized carbons (Fsp3) is 0.440. The summed E-state index contributed by atoms with van der Waals surface area (Å²) in [4.78, 5) is 27.5. The van der Waals surface area contributed by atoms with Crippen molar-refractivity contribution in [1.29, 1.82) is 0 Å². The number of amides is 2. The lowest BCUT2D eigenvalue weighted by Crippen LogP contribution is -2.49. The number of rotatable bonds is 10. The summed E-state index contributed by atoms with van der Waals surface area (Å²) in [6.45, 7) is 9.20. The normalized spacial score (nSPS) is 11.9. The van der Waals surface area contributed by atoms with Crippen molar-refractivity contribution in [2.45, 2.75) is 65.5 Å². The lowest BCUT2D eigenvalue weighted by Gasteiger charge is -2.30. The molecule has 0 aromatic heterocycles. The van der Waals surface area contributed by atoms with Crippen LogP contribution in [0.3, 0.4) is 0 Å². The molecule has 0 aliphatic rings. The molecule has 2 amide bonds. The molecule has 0 aliphatic carbocycles. The van der Waals surface area contributed by atoms with Gasteiger partial charge in [-0.3, -0.25) is 9.59 Å². The highest BCUT2D eigenvalue weighted by atomic mass is 16.2. The molecule has 0 saturated carbocycles. The predicted octanol–water partition coefficient (Wildman–Crippen LogP) is 4.69. The lowest BCUT2D eigenvalue weighted by molar-refractivity contribution is -0.141. The van der Waals surface area contributed by atoms with E-state index in [0.29, 0.717) is 38.3 Å². The van der Waals surface area contributed by atoms with Gasteiger partial charge in [0, 0.05) is 19.5 Å². The van der Waals surface area contributed by atoms with E-state index in [1.54, 1.807) is 4.90 Å². The van der Waals surface area contributed by atoms with Gasteiger partial charge < -0.3 is 10.2 Å². The van der Waals surface area contributed by atoms with Crippen LogP contribution in [-0.4, -0.2) is 29.3 Å². The molecule has 1 N–H and O–H groups in total. The molecule has 1 atom stereocenters. The minimum absolute atomic E-state index is 0.0138. The molecule has 0 aliphatic heterocycles. The van der Waals surface area contributed by atoms with Gasteiger partial charge in [0.25, 0.3) is 0 Å². The number of carbonyl (C=O) groups excluding carboxylic acids is 2. The standard InChI is InChI=1S/C25H34N2O2/c1-5-23(25(29)26-6-2)27(18-21-10-8-7-9-11-21)24(28)17-14-20-12-15-22(16-13-20)19(3)4/h7-13,15-16,19,23H,5-6,14,17-18H2,1-4H3,(H,26,29)/t23-/m0/s1. The number of nitrogens with one attached hydrogen (secondary N) is 1. The van der Waals surface area contributed by atoms with Gasteiger partial charge in [-0.25, -0.2) is 0 Å². The van der Waals surface area contributed by atoms with E-state index in [9.17, 15) is 9.59 Å². The average molecular weight is 395 g/mol. The van der Waals surface area contributed by atoms with Crippen molar-refractivity contribution in [3.8, 4) is 0 Å². The SMILES string of the molecule is CCNC(=O)[C@H](CC)N(Cc1ccccc1)C(=O)CCc1ccc(C(C)C)cc1. The van der Waals surface area contributed by atoms with Gasteiger partial charge in [-0.15, -0.1) is 0 Å². The van der Waals surface area contributed by atoms with Crippen molar-refractivity contribution >= 4 is 11.8 Å². The molecule has 0 heterocycles. The van der Waals surface area contributed by atoms with Gasteiger partial charge in [-0.05, 0) is 42.4 Å². The predicted molar refractivity (Wildman–Crippen MR) is 119 cm³/mol. The van der Waals surface area contributed by atoms with E-state index in [4.69, 9.17) is 0 Å². The minimum atomic E-state index is -0.453. The second-order valence-electron chi connectivity index (χ2n) is 7.72. The van der Waals surface area contributed by atoms with Crippen LogP contribution < -0.4 is 5.32 Å². The molecule has 0 radical (unpaired) electrons. The Morgan fingerprint density at radius 1 is 0.931 bits per heavy atom. The maximum Gasteiger partial charge on any atom is 0.242 e. The number of benzene rings is 2. The number of hydrogen-bond donors (Lipinski definition) is 1. The smallest absolute Gasteiger partial charge is 0.242 e. The second-order valence-corrected chi connectivity index (χ2v) is 7.72. The molecule has 2 aromatic carbocycles. The second kappa shape index (κ2) is 11.4. The van der Waals surface area contributed by atoms with Crippen molar-refractivity contribution in [2.24, 2.45) is 0 Å². The summed E-state index contributed by atoms with van der Waals surface area (Å²) < 4.78 is 0. The fourth-order valence-corrected chi connectivity index (χ4v) is 3.46. The largest absolute Gasteiger partial charge is 0.355 e. The van der Waals surface area contributed by atoms with Crippen LogP contribution >= 0.6 is 0 Å². The Morgan fingerprint density at radius 3 is 2.14 bits per heavy atom. The topological polar surface area (TPSA) is 49.4 Å². The summed E-state index contributed by atoms with van der Waals surface area (Å²) in [6, 6.07) is 17.9. The van der Waals surface area contributed by atoms with Crippen molar-refractivity contribution < 1.29 is 9.59 Å². The molecular weight excluding hydrogens is 360 g/mol. The van der Waals surface area contributed by atoms with Gasteiger partial charge in [0.15, 0.2) is 0 Å². The van der Waals surface area contributed by atoms with E-state index < -0.39 is 6.04 Å². The third-order valence-electron chi connectivity index (χ3n) is 5.21. The van der Waals surface area contributed by atoms with Gasteiger partial charge in [0.1, 0.15) is 6.04 Å². The van der Waals surface area contributed by atoms with E-state index in [0.717, 1.165) is 11.1 Å². The molecule has 29 heavy (non-hydrogen) atoms. The molecule has 0 bridgehead atoms. The zero-order chi connectivity index (χ0) is 21.2. The van der Waals surface area contributed by atoms with Gasteiger partial charge >= 0.3 is 0 Å². The van der Waals surface area contributed by atoms with Crippen LogP contribution in [0.1, 0.15) is 63.1 Å². The lowest BCUT2D eigenvalue weighted by atomic mass is 10.00. The number of carbonyl (C=O) groups is 2. The van der Waals surface area contributed by atoms with Gasteiger partial charge in [0.2, 0.25) is 11.8 Å². The summed E-state index contributed by atoms with van der Waals surface area (Å²) in [6.07, 6.45) is 1.66. The molecule has 2 rings (SSSR count). The Labute approximate surface area is 175 Å². The molecule has 2 aromatic rings. The van der Waals surface area contributed by atoms with Gasteiger partial charge in [-0.2, -0.15) is 0 Å². The fourth-order valence-electron chi connectivity index (χ4n) is 3.46. The maximum atomic E-state index is 13.2. The highest BCUT2D eigenvalue weighted by Crippen LogP contribution is 2.17. The van der Waals surface area contributed by atoms with Crippen LogP contribution in [0.2, 0.25) is 0 Å². The number of likely N-dealkylation sites (N-methyl/N-ethyl adjacent to an activating group) is 1. The Kier molecular flexibility index (Phi) is 8.91. The average Bonchev–Trinajstić information content (AvgIpc) is 2.73. The van der Waals surface area contributed by atoms with E-state index in [1.165, 1.54) is 5.56 Å². The van der Waals surface area contributed by atoms with E-state index in [-0.39, 0.29) is 11.8 Å². The molecule has 156 valence electrons. The van der Waals surface area contributed by atoms with Gasteiger partial charge in [0.05, 0.1) is 0 Å². The minimum Gasteiger partial charge on any atom is -0.355 e. The van der Waals surface area contributed by atoms with Crippen LogP contribution in [0.15, 0.2) is 54.6 Å². The van der Waals surface area contributed by atoms with Crippen LogP contribution in [-0.2, 0) is 22.6 Å². The number of nitrogens with zero attached hydrogens (tertiary/aromatic N) is 1. The Morgan fingerprint density at radius 2 is 1.59 bits per heavy atom. The third kappa shape index (κ3) is 6.74. The summed E-state index contributed by atoms with van der Waals surface area (Å²) >= 11 is 0. The van der Waals surface area contributed by atoms with Crippen LogP contribution in [0, 0.1) is 0 Å². The monoisotopic (exact) mass is 394 g/mol. The van der Waals surface area contributed by atoms with E-state index in [1.807, 2.05) is 44.2 Å². The zero-order valence-corrected chi connectivity index (χ0v) is 18.2. The van der Waals surface area contributed by atoms with Crippen molar-refractivity contribution in [2.75, 3.05) is 6.54 Å². The first-order chi connectivity index (χ1) is 14.0. The van der Waals surface area contributed by atoms with Crippen LogP contribution in [0.4, 0.5) is 0 Å². The van der Waals surface area contributed by atoms with E-state index in [2.05, 4.69) is 43.4 Å². The molecular formula is C25H34N2O2. The summed E-state index contributed by atoms with van der Waals surface area (Å²) in [7, 11) is 0. The first kappa shape index (κ1) is 22.7. The van der Waals surface area contributed by atoms with Crippen molar-refractivity contribution in [3.05, 3.63) is 71.3 Å². The Bertz CT molecular complexity index is 769. The van der Waals surface area contributed by atoms with Crippen LogP contribution in [0.5, 0.6) is 0 Å². The first-order valence-corrected chi connectivity index (χ1v) is 10.7. The number of aryl methyl sites for hydroxylation is 1. The maximum absolute atomic E-state index is 13.2. The molecule has 0 unspecified atom stereocenters. The summed E-state index contributed by atoms with van der Waals surface area (Å²) in [5.74, 6) is 0.426. The summed E-state index contributed by atoms with van der Waals surface area (Å²) in [5, 5.41) is 2.88. The van der Waals surface area contributed by atoms with Gasteiger partial charge in [-0.1, -0.05) is 75.4 Å².